The number of carbonyl (C=O) groups excluding carboxylic acids is 1. The zero-order valence-corrected chi connectivity index (χ0v) is 12.8. The van der Waals surface area contributed by atoms with Gasteiger partial charge in [0.2, 0.25) is 0 Å². The van der Waals surface area contributed by atoms with E-state index in [1.165, 1.54) is 0 Å². The van der Waals surface area contributed by atoms with Gasteiger partial charge in [-0.2, -0.15) is 0 Å². The number of rotatable bonds is 5. The molecule has 0 saturated heterocycles. The number of amides is 1. The molecule has 0 radical (unpaired) electrons. The van der Waals surface area contributed by atoms with Crippen LogP contribution in [0.4, 0.5) is 0 Å². The molecule has 0 bridgehead atoms. The van der Waals surface area contributed by atoms with Crippen molar-refractivity contribution in [1.82, 2.24) is 5.32 Å². The van der Waals surface area contributed by atoms with Crippen LogP contribution >= 0.6 is 0 Å². The maximum atomic E-state index is 12.3. The van der Waals surface area contributed by atoms with Gasteiger partial charge in [0.05, 0.1) is 7.11 Å². The van der Waals surface area contributed by atoms with Crippen molar-refractivity contribution in [2.75, 3.05) is 7.11 Å². The number of methoxy groups -OCH3 is 1. The average molecular weight is 263 g/mol. The van der Waals surface area contributed by atoms with Crippen molar-refractivity contribution in [2.24, 2.45) is 11.8 Å². The number of nitrogens with one attached hydrogen (secondary N) is 1. The van der Waals surface area contributed by atoms with Gasteiger partial charge in [-0.15, -0.1) is 0 Å². The molecule has 0 heterocycles. The topological polar surface area (TPSA) is 38.3 Å². The van der Waals surface area contributed by atoms with Gasteiger partial charge in [-0.1, -0.05) is 27.7 Å². The summed E-state index contributed by atoms with van der Waals surface area (Å²) in [6.45, 7) is 10.5. The maximum Gasteiger partial charge on any atom is 0.251 e. The smallest absolute Gasteiger partial charge is 0.251 e. The first-order chi connectivity index (χ1) is 8.86. The molecule has 0 aliphatic heterocycles. The maximum absolute atomic E-state index is 12.3. The van der Waals surface area contributed by atoms with Gasteiger partial charge in [0.25, 0.3) is 5.91 Å². The predicted octanol–water partition coefficient (Wildman–Crippen LogP) is 3.41. The van der Waals surface area contributed by atoms with Crippen LogP contribution in [0.2, 0.25) is 0 Å². The fraction of sp³-hybridized carbons (Fsp3) is 0.562. The summed E-state index contributed by atoms with van der Waals surface area (Å²) in [6.07, 6.45) is 0. The molecular formula is C16H25NO2. The number of aryl methyl sites for hydroxylation is 1. The van der Waals surface area contributed by atoms with Gasteiger partial charge in [0.1, 0.15) is 5.75 Å². The number of benzene rings is 1. The lowest BCUT2D eigenvalue weighted by Crippen LogP contribution is -2.42. The first kappa shape index (κ1) is 15.5. The predicted molar refractivity (Wildman–Crippen MR) is 78.7 cm³/mol. The van der Waals surface area contributed by atoms with Crippen molar-refractivity contribution in [3.63, 3.8) is 0 Å². The highest BCUT2D eigenvalue weighted by molar-refractivity contribution is 5.94. The summed E-state index contributed by atoms with van der Waals surface area (Å²) >= 11 is 0. The van der Waals surface area contributed by atoms with E-state index in [1.807, 2.05) is 19.1 Å². The van der Waals surface area contributed by atoms with Crippen LogP contribution in [0.15, 0.2) is 18.2 Å². The second-order valence-corrected chi connectivity index (χ2v) is 5.67. The summed E-state index contributed by atoms with van der Waals surface area (Å²) < 4.78 is 5.21. The van der Waals surface area contributed by atoms with Crippen LogP contribution in [-0.4, -0.2) is 19.1 Å². The molecule has 0 aliphatic carbocycles. The summed E-state index contributed by atoms with van der Waals surface area (Å²) in [6, 6.07) is 5.70. The van der Waals surface area contributed by atoms with Crippen LogP contribution in [-0.2, 0) is 0 Å². The minimum atomic E-state index is -0.0156. The van der Waals surface area contributed by atoms with E-state index in [4.69, 9.17) is 4.74 Å². The van der Waals surface area contributed by atoms with Crippen LogP contribution in [0, 0.1) is 18.8 Å². The minimum absolute atomic E-state index is 0.0156. The summed E-state index contributed by atoms with van der Waals surface area (Å²) in [5.41, 5.74) is 1.66. The zero-order chi connectivity index (χ0) is 14.6. The van der Waals surface area contributed by atoms with Crippen molar-refractivity contribution >= 4 is 5.91 Å². The summed E-state index contributed by atoms with van der Waals surface area (Å²) in [4.78, 5) is 12.3. The second kappa shape index (κ2) is 6.60. The quantitative estimate of drug-likeness (QED) is 0.884. The van der Waals surface area contributed by atoms with Crippen LogP contribution in [0.1, 0.15) is 43.6 Å². The number of hydrogen-bond donors (Lipinski definition) is 1. The minimum Gasteiger partial charge on any atom is -0.496 e. The molecule has 1 aromatic carbocycles. The van der Waals surface area contributed by atoms with Gasteiger partial charge in [-0.3, -0.25) is 4.79 Å². The Bertz CT molecular complexity index is 430. The molecule has 106 valence electrons. The molecule has 0 unspecified atom stereocenters. The molecule has 19 heavy (non-hydrogen) atoms. The fourth-order valence-electron chi connectivity index (χ4n) is 2.36. The van der Waals surface area contributed by atoms with Crippen LogP contribution in [0.25, 0.3) is 0 Å². The third-order valence-electron chi connectivity index (χ3n) is 3.39. The SMILES string of the molecule is COc1ccc(C(=O)NC(C(C)C)C(C)C)cc1C. The van der Waals surface area contributed by atoms with Gasteiger partial charge in [0, 0.05) is 11.6 Å². The van der Waals surface area contributed by atoms with Crippen molar-refractivity contribution in [3.05, 3.63) is 29.3 Å². The Morgan fingerprint density at radius 2 is 1.74 bits per heavy atom. The van der Waals surface area contributed by atoms with Crippen LogP contribution in [0.3, 0.4) is 0 Å². The van der Waals surface area contributed by atoms with Crippen molar-refractivity contribution in [1.29, 1.82) is 0 Å². The second-order valence-electron chi connectivity index (χ2n) is 5.67. The van der Waals surface area contributed by atoms with Crippen molar-refractivity contribution in [3.8, 4) is 5.75 Å². The van der Waals surface area contributed by atoms with Gasteiger partial charge in [-0.05, 0) is 42.5 Å². The van der Waals surface area contributed by atoms with E-state index in [-0.39, 0.29) is 11.9 Å². The van der Waals surface area contributed by atoms with E-state index in [1.54, 1.807) is 13.2 Å². The summed E-state index contributed by atoms with van der Waals surface area (Å²) in [7, 11) is 1.63. The number of ether oxygens (including phenoxy) is 1. The van der Waals surface area contributed by atoms with Gasteiger partial charge in [-0.25, -0.2) is 0 Å². The molecule has 0 fully saturated rings. The largest absolute Gasteiger partial charge is 0.496 e. The van der Waals surface area contributed by atoms with Crippen LogP contribution < -0.4 is 10.1 Å². The Morgan fingerprint density at radius 1 is 1.16 bits per heavy atom. The molecule has 0 atom stereocenters. The first-order valence-electron chi connectivity index (χ1n) is 6.82. The van der Waals surface area contributed by atoms with Gasteiger partial charge < -0.3 is 10.1 Å². The van der Waals surface area contributed by atoms with E-state index in [9.17, 15) is 4.79 Å². The first-order valence-corrected chi connectivity index (χ1v) is 6.82. The normalized spacial score (nSPS) is 11.2. The Balaban J connectivity index is 2.86. The zero-order valence-electron chi connectivity index (χ0n) is 12.8. The number of carbonyl (C=O) groups is 1. The number of hydrogen-bond acceptors (Lipinski definition) is 2. The molecule has 3 heteroatoms. The molecule has 1 amide bonds. The Kier molecular flexibility index (Phi) is 5.40. The third kappa shape index (κ3) is 3.98. The monoisotopic (exact) mass is 263 g/mol. The lowest BCUT2D eigenvalue weighted by Gasteiger charge is -2.26. The Hall–Kier alpha value is -1.51. The van der Waals surface area contributed by atoms with Crippen molar-refractivity contribution < 1.29 is 9.53 Å². The van der Waals surface area contributed by atoms with Crippen LogP contribution in [0.5, 0.6) is 5.75 Å². The van der Waals surface area contributed by atoms with E-state index in [0.29, 0.717) is 17.4 Å². The molecule has 0 saturated carbocycles. The molecule has 3 nitrogen and oxygen atoms in total. The molecule has 0 spiro atoms. The Labute approximate surface area is 116 Å². The lowest BCUT2D eigenvalue weighted by molar-refractivity contribution is 0.0910. The summed E-state index contributed by atoms with van der Waals surface area (Å²) in [5.74, 6) is 1.63. The van der Waals surface area contributed by atoms with Gasteiger partial charge in [0.15, 0.2) is 0 Å². The highest BCUT2D eigenvalue weighted by Gasteiger charge is 2.20. The standard InChI is InChI=1S/C16H25NO2/c1-10(2)15(11(3)4)17-16(18)13-7-8-14(19-6)12(5)9-13/h7-11,15H,1-6H3,(H,17,18). The molecule has 0 aliphatic rings. The highest BCUT2D eigenvalue weighted by Crippen LogP contribution is 2.19. The lowest BCUT2D eigenvalue weighted by atomic mass is 9.93. The molecular weight excluding hydrogens is 238 g/mol. The molecule has 1 rings (SSSR count). The van der Waals surface area contributed by atoms with E-state index >= 15 is 0 Å². The van der Waals surface area contributed by atoms with E-state index in [0.717, 1.165) is 11.3 Å². The van der Waals surface area contributed by atoms with E-state index < -0.39 is 0 Å². The summed E-state index contributed by atoms with van der Waals surface area (Å²) in [5, 5.41) is 3.12. The molecule has 0 aromatic heterocycles. The highest BCUT2D eigenvalue weighted by atomic mass is 16.5. The molecule has 1 N–H and O–H groups in total. The van der Waals surface area contributed by atoms with Gasteiger partial charge >= 0.3 is 0 Å². The Morgan fingerprint density at radius 3 is 2.16 bits per heavy atom. The fourth-order valence-corrected chi connectivity index (χ4v) is 2.36. The van der Waals surface area contributed by atoms with Crippen molar-refractivity contribution in [2.45, 2.75) is 40.7 Å². The van der Waals surface area contributed by atoms with E-state index in [2.05, 4.69) is 33.0 Å². The molecule has 1 aromatic rings. The average Bonchev–Trinajstić information content (AvgIpc) is 2.34. The third-order valence-corrected chi connectivity index (χ3v) is 3.39.